The molecule has 1 aromatic carbocycles. The van der Waals surface area contributed by atoms with Crippen LogP contribution in [0, 0.1) is 17.7 Å². The van der Waals surface area contributed by atoms with E-state index in [4.69, 9.17) is 11.1 Å². The maximum atomic E-state index is 7.55. The molecule has 0 radical (unpaired) electrons. The monoisotopic (exact) mass is 261 g/mol. The van der Waals surface area contributed by atoms with Crippen molar-refractivity contribution >= 4 is 11.5 Å². The first-order valence-electron chi connectivity index (χ1n) is 6.96. The second-order valence-electron chi connectivity index (χ2n) is 5.96. The van der Waals surface area contributed by atoms with Gasteiger partial charge in [-0.25, -0.2) is 0 Å². The third kappa shape index (κ3) is 4.58. The highest BCUT2D eigenvalue weighted by Gasteiger charge is 2.20. The summed E-state index contributed by atoms with van der Waals surface area (Å²) >= 11 is 0. The molecular formula is C16H27N3. The van der Waals surface area contributed by atoms with Crippen molar-refractivity contribution in [3.05, 3.63) is 29.8 Å². The molecule has 19 heavy (non-hydrogen) atoms. The van der Waals surface area contributed by atoms with E-state index in [1.165, 1.54) is 11.3 Å². The molecule has 0 atom stereocenters. The van der Waals surface area contributed by atoms with Gasteiger partial charge in [0.1, 0.15) is 0 Å². The molecule has 0 heterocycles. The summed E-state index contributed by atoms with van der Waals surface area (Å²) in [6.45, 7) is 7.27. The van der Waals surface area contributed by atoms with Crippen molar-refractivity contribution in [3.8, 4) is 0 Å². The minimum absolute atomic E-state index is 0.165. The number of rotatable bonds is 7. The van der Waals surface area contributed by atoms with Gasteiger partial charge in [-0.05, 0) is 31.4 Å². The van der Waals surface area contributed by atoms with Crippen LogP contribution < -0.4 is 10.6 Å². The number of nitrogens with two attached hydrogens (primary N) is 1. The molecular weight excluding hydrogens is 234 g/mol. The largest absolute Gasteiger partial charge is 0.387 e. The predicted octanol–water partition coefficient (Wildman–Crippen LogP) is 3.56. The van der Waals surface area contributed by atoms with E-state index in [9.17, 15) is 0 Å². The van der Waals surface area contributed by atoms with Crippen molar-refractivity contribution in [2.24, 2.45) is 11.1 Å². The summed E-state index contributed by atoms with van der Waals surface area (Å²) in [7, 11) is 2.14. The molecule has 0 bridgehead atoms. The minimum atomic E-state index is -0.165. The van der Waals surface area contributed by atoms with Crippen molar-refractivity contribution in [2.75, 3.05) is 18.5 Å². The lowest BCUT2D eigenvalue weighted by Crippen LogP contribution is -2.31. The fraction of sp³-hybridized carbons (Fsp3) is 0.562. The van der Waals surface area contributed by atoms with Gasteiger partial charge >= 0.3 is 0 Å². The Morgan fingerprint density at radius 3 is 2.47 bits per heavy atom. The van der Waals surface area contributed by atoms with Crippen LogP contribution in [-0.4, -0.2) is 19.4 Å². The van der Waals surface area contributed by atoms with Crippen molar-refractivity contribution in [1.29, 1.82) is 5.41 Å². The van der Waals surface area contributed by atoms with Crippen LogP contribution in [0.2, 0.25) is 0 Å². The average molecular weight is 261 g/mol. The Labute approximate surface area is 117 Å². The van der Waals surface area contributed by atoms with Crippen molar-refractivity contribution < 1.29 is 0 Å². The smallest absolute Gasteiger partial charge is 0.0963 e. The van der Waals surface area contributed by atoms with Gasteiger partial charge < -0.3 is 10.6 Å². The number of amidine groups is 1. The number of benzene rings is 1. The molecule has 3 heteroatoms. The van der Waals surface area contributed by atoms with Gasteiger partial charge in [-0.3, -0.25) is 5.41 Å². The highest BCUT2D eigenvalue weighted by molar-refractivity contribution is 5.82. The Morgan fingerprint density at radius 2 is 1.89 bits per heavy atom. The number of para-hydroxylation sites is 1. The maximum Gasteiger partial charge on any atom is 0.0963 e. The van der Waals surface area contributed by atoms with Gasteiger partial charge in [0.15, 0.2) is 0 Å². The lowest BCUT2D eigenvalue weighted by molar-refractivity contribution is 0.442. The molecule has 0 spiro atoms. The summed E-state index contributed by atoms with van der Waals surface area (Å²) < 4.78 is 0. The summed E-state index contributed by atoms with van der Waals surface area (Å²) in [5.74, 6) is 0.291. The summed E-state index contributed by atoms with van der Waals surface area (Å²) in [5, 5.41) is 7.55. The van der Waals surface area contributed by atoms with Crippen LogP contribution in [0.5, 0.6) is 0 Å². The van der Waals surface area contributed by atoms with E-state index in [0.717, 1.165) is 25.8 Å². The third-order valence-electron chi connectivity index (χ3n) is 3.80. The van der Waals surface area contributed by atoms with Gasteiger partial charge in [0.25, 0.3) is 0 Å². The van der Waals surface area contributed by atoms with Gasteiger partial charge in [0.2, 0.25) is 0 Å². The first-order chi connectivity index (χ1) is 8.84. The fourth-order valence-electron chi connectivity index (χ4n) is 2.16. The lowest BCUT2D eigenvalue weighted by atomic mass is 9.86. The molecule has 0 fully saturated rings. The molecule has 3 nitrogen and oxygen atoms in total. The lowest BCUT2D eigenvalue weighted by Gasteiger charge is -2.24. The van der Waals surface area contributed by atoms with Crippen LogP contribution in [0.1, 0.15) is 38.7 Å². The first-order valence-corrected chi connectivity index (χ1v) is 6.96. The van der Waals surface area contributed by atoms with Crippen LogP contribution >= 0.6 is 0 Å². The standard InChI is InChI=1S/C16H27N3/c1-13-9-5-6-10-14(13)19(4)12-8-7-11-16(2,3)15(17)18/h5-6,9-10H,7-8,11-12H2,1-4H3,(H3,17,18). The van der Waals surface area contributed by atoms with E-state index in [-0.39, 0.29) is 5.41 Å². The van der Waals surface area contributed by atoms with E-state index in [2.05, 4.69) is 43.1 Å². The van der Waals surface area contributed by atoms with E-state index in [0.29, 0.717) is 5.84 Å². The summed E-state index contributed by atoms with van der Waals surface area (Å²) in [4.78, 5) is 2.30. The second-order valence-corrected chi connectivity index (χ2v) is 5.96. The zero-order valence-electron chi connectivity index (χ0n) is 12.7. The summed E-state index contributed by atoms with van der Waals surface area (Å²) in [6.07, 6.45) is 3.20. The molecule has 1 aromatic rings. The topological polar surface area (TPSA) is 53.1 Å². The summed E-state index contributed by atoms with van der Waals surface area (Å²) in [5.41, 5.74) is 8.04. The molecule has 0 saturated heterocycles. The number of unbranched alkanes of at least 4 members (excludes halogenated alkanes) is 1. The highest BCUT2D eigenvalue weighted by Crippen LogP contribution is 2.23. The first kappa shape index (κ1) is 15.5. The van der Waals surface area contributed by atoms with Crippen molar-refractivity contribution in [2.45, 2.75) is 40.0 Å². The van der Waals surface area contributed by atoms with E-state index in [1.54, 1.807) is 0 Å². The Bertz CT molecular complexity index is 424. The number of aryl methyl sites for hydroxylation is 1. The fourth-order valence-corrected chi connectivity index (χ4v) is 2.16. The highest BCUT2D eigenvalue weighted by atomic mass is 15.1. The van der Waals surface area contributed by atoms with Crippen molar-refractivity contribution in [1.82, 2.24) is 0 Å². The van der Waals surface area contributed by atoms with Crippen LogP contribution in [0.15, 0.2) is 24.3 Å². The van der Waals surface area contributed by atoms with Gasteiger partial charge in [-0.1, -0.05) is 38.5 Å². The minimum Gasteiger partial charge on any atom is -0.387 e. The van der Waals surface area contributed by atoms with E-state index >= 15 is 0 Å². The van der Waals surface area contributed by atoms with Gasteiger partial charge in [0.05, 0.1) is 5.84 Å². The van der Waals surface area contributed by atoms with Gasteiger partial charge in [0, 0.05) is 24.7 Å². The normalized spacial score (nSPS) is 11.4. The Hall–Kier alpha value is -1.51. The SMILES string of the molecule is Cc1ccccc1N(C)CCCCC(C)(C)C(=N)N. The van der Waals surface area contributed by atoms with Crippen LogP contribution in [-0.2, 0) is 0 Å². The molecule has 3 N–H and O–H groups in total. The molecule has 0 aliphatic carbocycles. The van der Waals surface area contributed by atoms with Gasteiger partial charge in [-0.15, -0.1) is 0 Å². The van der Waals surface area contributed by atoms with E-state index in [1.807, 2.05) is 13.8 Å². The molecule has 0 saturated carbocycles. The Balaban J connectivity index is 2.38. The molecule has 106 valence electrons. The number of hydrogen-bond donors (Lipinski definition) is 2. The Morgan fingerprint density at radius 1 is 1.26 bits per heavy atom. The maximum absolute atomic E-state index is 7.55. The van der Waals surface area contributed by atoms with Crippen LogP contribution in [0.3, 0.4) is 0 Å². The zero-order valence-corrected chi connectivity index (χ0v) is 12.7. The molecule has 0 unspecified atom stereocenters. The molecule has 0 aliphatic rings. The molecule has 0 amide bonds. The number of anilines is 1. The average Bonchev–Trinajstić information content (AvgIpc) is 2.34. The quantitative estimate of drug-likeness (QED) is 0.448. The van der Waals surface area contributed by atoms with Crippen molar-refractivity contribution in [3.63, 3.8) is 0 Å². The molecule has 1 rings (SSSR count). The number of hydrogen-bond acceptors (Lipinski definition) is 2. The van der Waals surface area contributed by atoms with Crippen LogP contribution in [0.25, 0.3) is 0 Å². The number of nitrogens with one attached hydrogen (secondary N) is 1. The third-order valence-corrected chi connectivity index (χ3v) is 3.80. The van der Waals surface area contributed by atoms with Gasteiger partial charge in [-0.2, -0.15) is 0 Å². The van der Waals surface area contributed by atoms with Crippen LogP contribution in [0.4, 0.5) is 5.69 Å². The Kier molecular flexibility index (Phi) is 5.40. The number of nitrogens with zero attached hydrogens (tertiary/aromatic N) is 1. The molecule has 0 aromatic heterocycles. The summed E-state index contributed by atoms with van der Waals surface area (Å²) in [6, 6.07) is 8.46. The predicted molar refractivity (Wildman–Crippen MR) is 84.0 cm³/mol. The molecule has 0 aliphatic heterocycles. The zero-order chi connectivity index (χ0) is 14.5. The second kappa shape index (κ2) is 6.60. The van der Waals surface area contributed by atoms with E-state index < -0.39 is 0 Å².